The maximum atomic E-state index is 12.1. The van der Waals surface area contributed by atoms with E-state index >= 15 is 0 Å². The average Bonchev–Trinajstić information content (AvgIpc) is 2.66. The number of hydrogen-bond donors (Lipinski definition) is 3. The molecular weight excluding hydrogens is 451 g/mol. The second-order valence-electron chi connectivity index (χ2n) is 7.51. The minimum atomic E-state index is -0.0112. The molecule has 0 spiro atoms. The summed E-state index contributed by atoms with van der Waals surface area (Å²) in [6, 6.07) is 8.47. The van der Waals surface area contributed by atoms with Gasteiger partial charge < -0.3 is 16.0 Å². The molecule has 6 heteroatoms. The van der Waals surface area contributed by atoms with Gasteiger partial charge in [-0.25, -0.2) is 0 Å². The predicted octanol–water partition coefficient (Wildman–Crippen LogP) is 4.08. The molecule has 3 N–H and O–H groups in total. The van der Waals surface area contributed by atoms with E-state index in [-0.39, 0.29) is 35.9 Å². The van der Waals surface area contributed by atoms with Crippen LogP contribution < -0.4 is 16.0 Å². The lowest BCUT2D eigenvalue weighted by Gasteiger charge is -2.28. The molecule has 27 heavy (non-hydrogen) atoms. The van der Waals surface area contributed by atoms with Crippen LogP contribution in [0.4, 0.5) is 0 Å². The number of aliphatic imine (C=N–C) groups is 1. The number of hydrogen-bond acceptors (Lipinski definition) is 2. The van der Waals surface area contributed by atoms with E-state index in [0.29, 0.717) is 18.2 Å². The first-order valence-corrected chi connectivity index (χ1v) is 9.88. The first-order chi connectivity index (χ1) is 12.5. The monoisotopic (exact) mass is 486 g/mol. The molecular formula is C21H35IN4O. The van der Waals surface area contributed by atoms with Gasteiger partial charge in [0.15, 0.2) is 5.96 Å². The van der Waals surface area contributed by atoms with Gasteiger partial charge in [0.1, 0.15) is 0 Å². The zero-order chi connectivity index (χ0) is 18.9. The Morgan fingerprint density at radius 3 is 2.37 bits per heavy atom. The average molecular weight is 486 g/mol. The van der Waals surface area contributed by atoms with Crippen molar-refractivity contribution in [3.63, 3.8) is 0 Å². The Hall–Kier alpha value is -1.31. The van der Waals surface area contributed by atoms with Gasteiger partial charge in [0, 0.05) is 31.2 Å². The van der Waals surface area contributed by atoms with Crippen LogP contribution >= 0.6 is 24.0 Å². The molecule has 1 aliphatic rings. The highest BCUT2D eigenvalue weighted by atomic mass is 127. The molecule has 0 aromatic heterocycles. The number of nitrogens with zero attached hydrogens (tertiary/aromatic N) is 1. The number of amides is 1. The van der Waals surface area contributed by atoms with Crippen LogP contribution in [0, 0.1) is 5.92 Å². The van der Waals surface area contributed by atoms with E-state index in [0.717, 1.165) is 23.9 Å². The van der Waals surface area contributed by atoms with Crippen LogP contribution in [0.1, 0.15) is 68.8 Å². The zero-order valence-corrected chi connectivity index (χ0v) is 19.4. The highest BCUT2D eigenvalue weighted by Gasteiger charge is 2.18. The molecule has 1 unspecified atom stereocenters. The Bertz CT molecular complexity index is 595. The topological polar surface area (TPSA) is 65.5 Å². The van der Waals surface area contributed by atoms with Gasteiger partial charge in [-0.2, -0.15) is 0 Å². The van der Waals surface area contributed by atoms with E-state index in [9.17, 15) is 4.79 Å². The molecule has 1 fully saturated rings. The Balaban J connectivity index is 0.00000364. The molecule has 1 saturated carbocycles. The Labute approximate surface area is 181 Å². The Morgan fingerprint density at radius 2 is 1.81 bits per heavy atom. The van der Waals surface area contributed by atoms with E-state index in [2.05, 4.69) is 34.8 Å². The molecule has 1 aromatic rings. The van der Waals surface area contributed by atoms with Crippen molar-refractivity contribution in [3.05, 3.63) is 35.4 Å². The Morgan fingerprint density at radius 1 is 1.19 bits per heavy atom. The zero-order valence-electron chi connectivity index (χ0n) is 17.0. The van der Waals surface area contributed by atoms with Crippen molar-refractivity contribution < 1.29 is 4.79 Å². The highest BCUT2D eigenvalue weighted by molar-refractivity contribution is 14.0. The number of carbonyl (C=O) groups is 1. The first kappa shape index (κ1) is 23.7. The summed E-state index contributed by atoms with van der Waals surface area (Å²) >= 11 is 0. The van der Waals surface area contributed by atoms with Gasteiger partial charge in [-0.05, 0) is 62.6 Å². The largest absolute Gasteiger partial charge is 0.354 e. The lowest BCUT2D eigenvalue weighted by molar-refractivity contribution is 0.0939. The van der Waals surface area contributed by atoms with E-state index in [4.69, 9.17) is 0 Å². The van der Waals surface area contributed by atoms with Gasteiger partial charge in [-0.1, -0.05) is 26.0 Å². The summed E-state index contributed by atoms with van der Waals surface area (Å²) in [5.74, 6) is 1.69. The lowest BCUT2D eigenvalue weighted by Crippen LogP contribution is -2.44. The summed E-state index contributed by atoms with van der Waals surface area (Å²) < 4.78 is 0. The van der Waals surface area contributed by atoms with Crippen molar-refractivity contribution >= 4 is 35.8 Å². The smallest absolute Gasteiger partial charge is 0.251 e. The second kappa shape index (κ2) is 12.2. The SMILES string of the molecule is CCC(C)NC(=O)c1ccc(CNC(=NC)NC2CCC(C)CC2)cc1.I. The van der Waals surface area contributed by atoms with Crippen molar-refractivity contribution in [1.82, 2.24) is 16.0 Å². The van der Waals surface area contributed by atoms with Gasteiger partial charge in [0.25, 0.3) is 5.91 Å². The third-order valence-corrected chi connectivity index (χ3v) is 5.25. The standard InChI is InChI=1S/C21H34N4O.HI/c1-5-16(3)24-20(26)18-10-8-17(9-11-18)14-23-21(22-4)25-19-12-6-15(2)7-13-19;/h8-11,15-16,19H,5-7,12-14H2,1-4H3,(H,24,26)(H2,22,23,25);1H. The fraction of sp³-hybridized carbons (Fsp3) is 0.619. The number of nitrogens with one attached hydrogen (secondary N) is 3. The normalized spacial score (nSPS) is 21.0. The van der Waals surface area contributed by atoms with Crippen molar-refractivity contribution in [3.8, 4) is 0 Å². The fourth-order valence-corrected chi connectivity index (χ4v) is 3.16. The molecule has 152 valence electrons. The molecule has 2 rings (SSSR count). The van der Waals surface area contributed by atoms with Crippen LogP contribution in [0.25, 0.3) is 0 Å². The van der Waals surface area contributed by atoms with Gasteiger partial charge >= 0.3 is 0 Å². The van der Waals surface area contributed by atoms with Crippen molar-refractivity contribution in [2.24, 2.45) is 10.9 Å². The van der Waals surface area contributed by atoms with Crippen molar-refractivity contribution in [2.75, 3.05) is 7.05 Å². The maximum absolute atomic E-state index is 12.1. The van der Waals surface area contributed by atoms with E-state index in [1.54, 1.807) is 0 Å². The summed E-state index contributed by atoms with van der Waals surface area (Å²) in [7, 11) is 1.81. The third-order valence-electron chi connectivity index (χ3n) is 5.25. The molecule has 0 aliphatic heterocycles. The predicted molar refractivity (Wildman–Crippen MR) is 124 cm³/mol. The van der Waals surface area contributed by atoms with Crippen molar-refractivity contribution in [2.45, 2.75) is 71.5 Å². The summed E-state index contributed by atoms with van der Waals surface area (Å²) in [4.78, 5) is 16.5. The van der Waals surface area contributed by atoms with Crippen LogP contribution in [-0.2, 0) is 6.54 Å². The molecule has 1 amide bonds. The fourth-order valence-electron chi connectivity index (χ4n) is 3.16. The van der Waals surface area contributed by atoms with E-state index in [1.165, 1.54) is 25.7 Å². The molecule has 0 saturated heterocycles. The summed E-state index contributed by atoms with van der Waals surface area (Å²) in [6.07, 6.45) is 5.92. The number of halogens is 1. The van der Waals surface area contributed by atoms with E-state index in [1.807, 2.05) is 38.2 Å². The third kappa shape index (κ3) is 8.07. The molecule has 5 nitrogen and oxygen atoms in total. The molecule has 0 radical (unpaired) electrons. The molecule has 1 aromatic carbocycles. The number of carbonyl (C=O) groups excluding carboxylic acids is 1. The molecule has 1 aliphatic carbocycles. The number of benzene rings is 1. The maximum Gasteiger partial charge on any atom is 0.251 e. The first-order valence-electron chi connectivity index (χ1n) is 9.88. The lowest BCUT2D eigenvalue weighted by atomic mass is 9.87. The van der Waals surface area contributed by atoms with Gasteiger partial charge in [-0.3, -0.25) is 9.79 Å². The molecule has 1 atom stereocenters. The number of guanidine groups is 1. The summed E-state index contributed by atoms with van der Waals surface area (Å²) in [5, 5.41) is 9.89. The molecule has 0 bridgehead atoms. The quantitative estimate of drug-likeness (QED) is 0.323. The molecule has 0 heterocycles. The number of rotatable bonds is 6. The second-order valence-corrected chi connectivity index (χ2v) is 7.51. The van der Waals surface area contributed by atoms with Crippen LogP contribution in [0.15, 0.2) is 29.3 Å². The van der Waals surface area contributed by atoms with Gasteiger partial charge in [0.2, 0.25) is 0 Å². The van der Waals surface area contributed by atoms with Crippen LogP contribution in [-0.4, -0.2) is 31.0 Å². The highest BCUT2D eigenvalue weighted by Crippen LogP contribution is 2.23. The summed E-state index contributed by atoms with van der Waals surface area (Å²) in [6.45, 7) is 7.10. The van der Waals surface area contributed by atoms with Gasteiger partial charge in [-0.15, -0.1) is 24.0 Å². The Kier molecular flexibility index (Phi) is 10.7. The minimum absolute atomic E-state index is 0. The van der Waals surface area contributed by atoms with E-state index < -0.39 is 0 Å². The van der Waals surface area contributed by atoms with Crippen LogP contribution in [0.2, 0.25) is 0 Å². The summed E-state index contributed by atoms with van der Waals surface area (Å²) in [5.41, 5.74) is 1.83. The minimum Gasteiger partial charge on any atom is -0.354 e. The van der Waals surface area contributed by atoms with Crippen LogP contribution in [0.5, 0.6) is 0 Å². The van der Waals surface area contributed by atoms with Gasteiger partial charge in [0.05, 0.1) is 0 Å². The van der Waals surface area contributed by atoms with Crippen LogP contribution in [0.3, 0.4) is 0 Å². The van der Waals surface area contributed by atoms with Crippen molar-refractivity contribution in [1.29, 1.82) is 0 Å².